The van der Waals surface area contributed by atoms with Crippen molar-refractivity contribution in [2.75, 3.05) is 0 Å². The van der Waals surface area contributed by atoms with Gasteiger partial charge in [0.1, 0.15) is 11.5 Å². The van der Waals surface area contributed by atoms with Crippen molar-refractivity contribution < 1.29 is 17.7 Å². The lowest BCUT2D eigenvalue weighted by Crippen LogP contribution is -2.30. The number of aromatic nitrogens is 1. The molecule has 0 aliphatic heterocycles. The number of nitrogens with one attached hydrogen (secondary N) is 1. The zero-order valence-corrected chi connectivity index (χ0v) is 16.9. The molecule has 7 heteroatoms. The number of nitrogens with zero attached hydrogens (tertiary/aromatic N) is 1. The second-order valence-corrected chi connectivity index (χ2v) is 8.34. The normalized spacial score (nSPS) is 11.2. The quantitative estimate of drug-likeness (QED) is 0.518. The summed E-state index contributed by atoms with van der Waals surface area (Å²) >= 11 is 0. The molecule has 0 aliphatic carbocycles. The standard InChI is InChI=1S/C23H18N2O4S/c1-16-21(22(24-29-16)18-8-4-2-5-9-18)17-12-14-20(15-13-17)30(27,28)25-23(26)19-10-6-3-7-11-19/h2-15H,1H3,(H,25,26). The van der Waals surface area contributed by atoms with Crippen molar-refractivity contribution in [3.05, 3.63) is 96.3 Å². The van der Waals surface area contributed by atoms with Crippen molar-refractivity contribution in [3.63, 3.8) is 0 Å². The van der Waals surface area contributed by atoms with Gasteiger partial charge >= 0.3 is 0 Å². The smallest absolute Gasteiger partial charge is 0.264 e. The first-order valence-corrected chi connectivity index (χ1v) is 10.7. The van der Waals surface area contributed by atoms with E-state index in [4.69, 9.17) is 4.52 Å². The SMILES string of the molecule is Cc1onc(-c2ccccc2)c1-c1ccc(S(=O)(=O)NC(=O)c2ccccc2)cc1. The third kappa shape index (κ3) is 3.88. The molecule has 1 aromatic heterocycles. The van der Waals surface area contributed by atoms with Crippen LogP contribution in [-0.4, -0.2) is 19.5 Å². The number of hydrogen-bond donors (Lipinski definition) is 1. The first-order chi connectivity index (χ1) is 14.5. The molecule has 3 aromatic carbocycles. The molecule has 0 atom stereocenters. The average molecular weight is 418 g/mol. The minimum absolute atomic E-state index is 0.00843. The molecule has 1 N–H and O–H groups in total. The van der Waals surface area contributed by atoms with Gasteiger partial charge in [0.25, 0.3) is 15.9 Å². The van der Waals surface area contributed by atoms with Crippen LogP contribution in [0.15, 0.2) is 94.3 Å². The number of rotatable bonds is 5. The summed E-state index contributed by atoms with van der Waals surface area (Å²) in [5, 5.41) is 4.16. The van der Waals surface area contributed by atoms with Crippen molar-refractivity contribution in [1.29, 1.82) is 0 Å². The van der Waals surface area contributed by atoms with E-state index in [9.17, 15) is 13.2 Å². The van der Waals surface area contributed by atoms with Gasteiger partial charge in [0.2, 0.25) is 0 Å². The first kappa shape index (κ1) is 19.6. The highest BCUT2D eigenvalue weighted by Crippen LogP contribution is 2.34. The second kappa shape index (κ2) is 7.96. The van der Waals surface area contributed by atoms with E-state index in [0.29, 0.717) is 11.5 Å². The third-order valence-corrected chi connectivity index (χ3v) is 5.97. The fraction of sp³-hybridized carbons (Fsp3) is 0.0435. The van der Waals surface area contributed by atoms with E-state index in [1.807, 2.05) is 30.3 Å². The maximum atomic E-state index is 12.6. The van der Waals surface area contributed by atoms with Crippen LogP contribution in [0.25, 0.3) is 22.4 Å². The molecule has 0 fully saturated rings. The van der Waals surface area contributed by atoms with E-state index < -0.39 is 15.9 Å². The molecule has 150 valence electrons. The lowest BCUT2D eigenvalue weighted by Gasteiger charge is -2.08. The Morgan fingerprint density at radius 2 is 1.43 bits per heavy atom. The Labute approximate surface area is 174 Å². The molecule has 30 heavy (non-hydrogen) atoms. The number of benzene rings is 3. The number of hydrogen-bond acceptors (Lipinski definition) is 5. The van der Waals surface area contributed by atoms with Crippen LogP contribution in [0, 0.1) is 6.92 Å². The molecule has 6 nitrogen and oxygen atoms in total. The summed E-state index contributed by atoms with van der Waals surface area (Å²) in [4.78, 5) is 12.2. The molecule has 0 aliphatic rings. The molecule has 1 amide bonds. The van der Waals surface area contributed by atoms with E-state index in [2.05, 4.69) is 9.88 Å². The van der Waals surface area contributed by atoms with Gasteiger partial charge in [-0.05, 0) is 36.8 Å². The molecule has 0 unspecified atom stereocenters. The summed E-state index contributed by atoms with van der Waals surface area (Å²) in [6.07, 6.45) is 0. The van der Waals surface area contributed by atoms with Crippen LogP contribution in [0.1, 0.15) is 16.1 Å². The summed E-state index contributed by atoms with van der Waals surface area (Å²) in [7, 11) is -4.00. The van der Waals surface area contributed by atoms with Gasteiger partial charge in [-0.15, -0.1) is 0 Å². The Hall–Kier alpha value is -3.71. The Bertz CT molecular complexity index is 1280. The van der Waals surface area contributed by atoms with Gasteiger partial charge in [0.15, 0.2) is 0 Å². The number of sulfonamides is 1. The molecule has 4 aromatic rings. The van der Waals surface area contributed by atoms with Gasteiger partial charge in [-0.1, -0.05) is 65.8 Å². The topological polar surface area (TPSA) is 89.3 Å². The Morgan fingerprint density at radius 3 is 2.07 bits per heavy atom. The number of aryl methyl sites for hydroxylation is 1. The van der Waals surface area contributed by atoms with Gasteiger partial charge in [0.05, 0.1) is 10.5 Å². The van der Waals surface area contributed by atoms with Gasteiger partial charge in [-0.25, -0.2) is 13.1 Å². The molecule has 0 saturated heterocycles. The van der Waals surface area contributed by atoms with Crippen LogP contribution in [-0.2, 0) is 10.0 Å². The summed E-state index contributed by atoms with van der Waals surface area (Å²) < 4.78 is 32.7. The number of carbonyl (C=O) groups is 1. The monoisotopic (exact) mass is 418 g/mol. The van der Waals surface area contributed by atoms with E-state index in [-0.39, 0.29) is 10.5 Å². The molecule has 0 bridgehead atoms. The van der Waals surface area contributed by atoms with Crippen LogP contribution < -0.4 is 4.72 Å². The fourth-order valence-electron chi connectivity index (χ4n) is 3.14. The molecule has 0 saturated carbocycles. The van der Waals surface area contributed by atoms with E-state index in [1.165, 1.54) is 12.1 Å². The number of carbonyl (C=O) groups excluding carboxylic acids is 1. The minimum atomic E-state index is -4.00. The van der Waals surface area contributed by atoms with E-state index >= 15 is 0 Å². The summed E-state index contributed by atoms with van der Waals surface area (Å²) in [6, 6.07) is 24.0. The first-order valence-electron chi connectivity index (χ1n) is 9.20. The Kier molecular flexibility index (Phi) is 5.20. The molecule has 0 spiro atoms. The van der Waals surface area contributed by atoms with Gasteiger partial charge < -0.3 is 4.52 Å². The predicted octanol–water partition coefficient (Wildman–Crippen LogP) is 4.44. The largest absolute Gasteiger partial charge is 0.360 e. The minimum Gasteiger partial charge on any atom is -0.360 e. The third-order valence-electron chi connectivity index (χ3n) is 4.63. The maximum Gasteiger partial charge on any atom is 0.264 e. The number of amides is 1. The van der Waals surface area contributed by atoms with E-state index in [0.717, 1.165) is 16.7 Å². The van der Waals surface area contributed by atoms with Crippen molar-refractivity contribution in [3.8, 4) is 22.4 Å². The predicted molar refractivity (Wildman–Crippen MR) is 113 cm³/mol. The van der Waals surface area contributed by atoms with Crippen LogP contribution in [0.4, 0.5) is 0 Å². The second-order valence-electron chi connectivity index (χ2n) is 6.65. The van der Waals surface area contributed by atoms with Gasteiger partial charge in [0, 0.05) is 11.1 Å². The maximum absolute atomic E-state index is 12.6. The molecular formula is C23H18N2O4S. The summed E-state index contributed by atoms with van der Waals surface area (Å²) in [6.45, 7) is 1.81. The average Bonchev–Trinajstić information content (AvgIpc) is 3.16. The molecule has 4 rings (SSSR count). The van der Waals surface area contributed by atoms with Gasteiger partial charge in [-0.2, -0.15) is 0 Å². The Morgan fingerprint density at radius 1 is 0.833 bits per heavy atom. The van der Waals surface area contributed by atoms with Gasteiger partial charge in [-0.3, -0.25) is 4.79 Å². The Balaban J connectivity index is 1.63. The van der Waals surface area contributed by atoms with Crippen LogP contribution in [0.5, 0.6) is 0 Å². The summed E-state index contributed by atoms with van der Waals surface area (Å²) in [5.41, 5.74) is 3.40. The van der Waals surface area contributed by atoms with Crippen LogP contribution in [0.3, 0.4) is 0 Å². The summed E-state index contributed by atoms with van der Waals surface area (Å²) in [5.74, 6) is -0.0530. The molecule has 1 heterocycles. The van der Waals surface area contributed by atoms with Crippen molar-refractivity contribution in [1.82, 2.24) is 9.88 Å². The fourth-order valence-corrected chi connectivity index (χ4v) is 4.11. The van der Waals surface area contributed by atoms with Crippen molar-refractivity contribution in [2.45, 2.75) is 11.8 Å². The zero-order chi connectivity index (χ0) is 21.1. The highest BCUT2D eigenvalue weighted by molar-refractivity contribution is 7.90. The lowest BCUT2D eigenvalue weighted by atomic mass is 10.00. The zero-order valence-electron chi connectivity index (χ0n) is 16.1. The van der Waals surface area contributed by atoms with Crippen molar-refractivity contribution in [2.24, 2.45) is 0 Å². The lowest BCUT2D eigenvalue weighted by molar-refractivity contribution is 0.0981. The van der Waals surface area contributed by atoms with Crippen LogP contribution in [0.2, 0.25) is 0 Å². The molecule has 0 radical (unpaired) electrons. The van der Waals surface area contributed by atoms with Crippen molar-refractivity contribution >= 4 is 15.9 Å². The van der Waals surface area contributed by atoms with E-state index in [1.54, 1.807) is 49.4 Å². The van der Waals surface area contributed by atoms with Crippen LogP contribution >= 0.6 is 0 Å². The highest BCUT2D eigenvalue weighted by Gasteiger charge is 2.20. The molecular weight excluding hydrogens is 400 g/mol. The highest BCUT2D eigenvalue weighted by atomic mass is 32.2.